The lowest BCUT2D eigenvalue weighted by molar-refractivity contribution is -0.138. The molecule has 0 unspecified atom stereocenters. The third-order valence-corrected chi connectivity index (χ3v) is 3.69. The van der Waals surface area contributed by atoms with E-state index in [-0.39, 0.29) is 23.4 Å². The Balaban J connectivity index is 2.22. The Hall–Kier alpha value is -2.01. The Morgan fingerprint density at radius 3 is 2.48 bits per heavy atom. The number of halogens is 4. The van der Waals surface area contributed by atoms with Crippen molar-refractivity contribution in [1.82, 2.24) is 0 Å². The second-order valence-electron chi connectivity index (χ2n) is 5.04. The molecule has 0 saturated heterocycles. The summed E-state index contributed by atoms with van der Waals surface area (Å²) in [6.45, 7) is 2.99. The molecule has 122 valence electrons. The van der Waals surface area contributed by atoms with E-state index in [0.29, 0.717) is 10.6 Å². The lowest BCUT2D eigenvalue weighted by atomic mass is 9.98. The first-order valence-corrected chi connectivity index (χ1v) is 7.25. The molecule has 0 radical (unpaired) electrons. The highest BCUT2D eigenvalue weighted by Crippen LogP contribution is 2.34. The summed E-state index contributed by atoms with van der Waals surface area (Å²) in [4.78, 5) is 5.16. The largest absolute Gasteiger partial charge is 0.417 e. The molecule has 0 bridgehead atoms. The number of nitrogens with zero attached hydrogens (tertiary/aromatic N) is 1. The molecule has 2 aromatic carbocycles. The molecule has 0 atom stereocenters. The van der Waals surface area contributed by atoms with Crippen molar-refractivity contribution in [2.45, 2.75) is 26.6 Å². The fourth-order valence-electron chi connectivity index (χ4n) is 2.21. The molecule has 0 spiro atoms. The molecule has 23 heavy (non-hydrogen) atoms. The maximum absolute atomic E-state index is 13.2. The highest BCUT2D eigenvalue weighted by Gasteiger charge is 2.35. The summed E-state index contributed by atoms with van der Waals surface area (Å²) in [6, 6.07) is 11.4. The predicted octanol–water partition coefficient (Wildman–Crippen LogP) is 5.61. The molecule has 2 aromatic rings. The first-order valence-electron chi connectivity index (χ1n) is 6.88. The van der Waals surface area contributed by atoms with Gasteiger partial charge in [0.2, 0.25) is 0 Å². The molecule has 2 nitrogen and oxygen atoms in total. The van der Waals surface area contributed by atoms with Gasteiger partial charge in [0.05, 0.1) is 11.3 Å². The Labute approximate surface area is 137 Å². The van der Waals surface area contributed by atoms with Gasteiger partial charge in [0, 0.05) is 16.1 Å². The van der Waals surface area contributed by atoms with Crippen LogP contribution in [0.3, 0.4) is 0 Å². The number of hydrogen-bond donors (Lipinski definition) is 0. The van der Waals surface area contributed by atoms with Gasteiger partial charge >= 0.3 is 6.18 Å². The minimum atomic E-state index is -4.44. The van der Waals surface area contributed by atoms with Crippen LogP contribution in [0.1, 0.15) is 29.2 Å². The summed E-state index contributed by atoms with van der Waals surface area (Å²) in [7, 11) is 0. The van der Waals surface area contributed by atoms with Crippen LogP contribution in [0.25, 0.3) is 0 Å². The number of rotatable bonds is 4. The molecule has 0 heterocycles. The van der Waals surface area contributed by atoms with Gasteiger partial charge in [0.25, 0.3) is 0 Å². The number of alkyl halides is 3. The topological polar surface area (TPSA) is 21.6 Å². The maximum Gasteiger partial charge on any atom is 0.417 e. The van der Waals surface area contributed by atoms with E-state index < -0.39 is 11.7 Å². The molecule has 0 amide bonds. The van der Waals surface area contributed by atoms with Crippen LogP contribution in [0.4, 0.5) is 13.2 Å². The number of oxime groups is 1. The number of hydrogen-bond acceptors (Lipinski definition) is 2. The van der Waals surface area contributed by atoms with Crippen LogP contribution in [0, 0.1) is 6.92 Å². The normalized spacial score (nSPS) is 12.3. The van der Waals surface area contributed by atoms with Gasteiger partial charge in [-0.05, 0) is 25.5 Å². The Morgan fingerprint density at radius 1 is 1.13 bits per heavy atom. The summed E-state index contributed by atoms with van der Waals surface area (Å²) in [5, 5.41) is 4.32. The lowest BCUT2D eigenvalue weighted by Crippen LogP contribution is -2.14. The molecule has 0 aliphatic carbocycles. The SMILES string of the molecule is C/C(=N\OCc1ccccc1Cl)c1cccc(C)c1C(F)(F)F. The fourth-order valence-corrected chi connectivity index (χ4v) is 2.40. The molecule has 0 N–H and O–H groups in total. The van der Waals surface area contributed by atoms with Gasteiger partial charge in [0.15, 0.2) is 0 Å². The van der Waals surface area contributed by atoms with E-state index in [0.717, 1.165) is 0 Å². The van der Waals surface area contributed by atoms with Gasteiger partial charge in [-0.15, -0.1) is 0 Å². The molecule has 0 aliphatic heterocycles. The molecular formula is C17H15ClF3NO. The number of aryl methyl sites for hydroxylation is 1. The molecule has 0 saturated carbocycles. The van der Waals surface area contributed by atoms with E-state index in [1.165, 1.54) is 26.0 Å². The minimum absolute atomic E-state index is 0.0108. The van der Waals surface area contributed by atoms with Crippen molar-refractivity contribution in [1.29, 1.82) is 0 Å². The predicted molar refractivity (Wildman–Crippen MR) is 84.6 cm³/mol. The zero-order chi connectivity index (χ0) is 17.0. The summed E-state index contributed by atoms with van der Waals surface area (Å²) in [5.74, 6) is 0. The first-order chi connectivity index (χ1) is 10.8. The van der Waals surface area contributed by atoms with Gasteiger partial charge in [-0.2, -0.15) is 13.2 Å². The summed E-state index contributed by atoms with van der Waals surface area (Å²) < 4.78 is 39.6. The summed E-state index contributed by atoms with van der Waals surface area (Å²) >= 11 is 5.99. The van der Waals surface area contributed by atoms with Crippen LogP contribution in [-0.2, 0) is 17.6 Å². The summed E-state index contributed by atoms with van der Waals surface area (Å²) in [6.07, 6.45) is -4.44. The van der Waals surface area contributed by atoms with Crippen molar-refractivity contribution in [2.24, 2.45) is 5.16 Å². The zero-order valence-corrected chi connectivity index (χ0v) is 13.4. The Bertz CT molecular complexity index is 726. The van der Waals surface area contributed by atoms with Crippen molar-refractivity contribution in [3.05, 3.63) is 69.7 Å². The second-order valence-corrected chi connectivity index (χ2v) is 5.44. The van der Waals surface area contributed by atoms with Crippen molar-refractivity contribution >= 4 is 17.3 Å². The van der Waals surface area contributed by atoms with Crippen LogP contribution in [-0.4, -0.2) is 5.71 Å². The van der Waals surface area contributed by atoms with Crippen molar-refractivity contribution in [3.8, 4) is 0 Å². The number of benzene rings is 2. The van der Waals surface area contributed by atoms with Crippen LogP contribution < -0.4 is 0 Å². The maximum atomic E-state index is 13.2. The molecule has 0 aliphatic rings. The van der Waals surface area contributed by atoms with Crippen molar-refractivity contribution in [2.75, 3.05) is 0 Å². The van der Waals surface area contributed by atoms with E-state index in [2.05, 4.69) is 5.16 Å². The van der Waals surface area contributed by atoms with Crippen LogP contribution in [0.5, 0.6) is 0 Å². The van der Waals surface area contributed by atoms with Gasteiger partial charge < -0.3 is 4.84 Å². The molecule has 0 fully saturated rings. The van der Waals surface area contributed by atoms with Crippen LogP contribution in [0.2, 0.25) is 5.02 Å². The zero-order valence-electron chi connectivity index (χ0n) is 12.6. The average molecular weight is 342 g/mol. The highest BCUT2D eigenvalue weighted by atomic mass is 35.5. The van der Waals surface area contributed by atoms with E-state index >= 15 is 0 Å². The van der Waals surface area contributed by atoms with Gasteiger partial charge in [-0.1, -0.05) is 53.2 Å². The molecular weight excluding hydrogens is 327 g/mol. The first kappa shape index (κ1) is 17.3. The van der Waals surface area contributed by atoms with Gasteiger partial charge in [-0.25, -0.2) is 0 Å². The standard InChI is InChI=1S/C17H15ClF3NO/c1-11-6-5-8-14(16(11)17(19,20)21)12(2)22-23-10-13-7-3-4-9-15(13)18/h3-9H,10H2,1-2H3/b22-12+. The third-order valence-electron chi connectivity index (χ3n) is 3.33. The quantitative estimate of drug-likeness (QED) is 0.523. The third kappa shape index (κ3) is 4.26. The summed E-state index contributed by atoms with van der Waals surface area (Å²) in [5.41, 5.74) is 0.342. The van der Waals surface area contributed by atoms with E-state index in [9.17, 15) is 13.2 Å². The van der Waals surface area contributed by atoms with E-state index in [1.807, 2.05) is 0 Å². The van der Waals surface area contributed by atoms with Gasteiger partial charge in [-0.3, -0.25) is 0 Å². The monoisotopic (exact) mass is 341 g/mol. The van der Waals surface area contributed by atoms with E-state index in [4.69, 9.17) is 16.4 Å². The van der Waals surface area contributed by atoms with Gasteiger partial charge in [0.1, 0.15) is 6.61 Å². The molecule has 2 rings (SSSR count). The molecule has 6 heteroatoms. The lowest BCUT2D eigenvalue weighted by Gasteiger charge is -2.15. The van der Waals surface area contributed by atoms with E-state index in [1.54, 1.807) is 30.3 Å². The Kier molecular flexibility index (Phi) is 5.31. The van der Waals surface area contributed by atoms with Crippen LogP contribution in [0.15, 0.2) is 47.6 Å². The minimum Gasteiger partial charge on any atom is -0.391 e. The van der Waals surface area contributed by atoms with Crippen molar-refractivity contribution in [3.63, 3.8) is 0 Å². The van der Waals surface area contributed by atoms with Crippen molar-refractivity contribution < 1.29 is 18.0 Å². The molecule has 0 aromatic heterocycles. The average Bonchev–Trinajstić information content (AvgIpc) is 2.47. The van der Waals surface area contributed by atoms with Crippen LogP contribution >= 0.6 is 11.6 Å². The Morgan fingerprint density at radius 2 is 1.83 bits per heavy atom. The second kappa shape index (κ2) is 7.04. The highest BCUT2D eigenvalue weighted by molar-refractivity contribution is 6.31. The smallest absolute Gasteiger partial charge is 0.391 e. The fraction of sp³-hybridized carbons (Fsp3) is 0.235.